The van der Waals surface area contributed by atoms with Gasteiger partial charge < -0.3 is 10.2 Å². The van der Waals surface area contributed by atoms with Crippen molar-refractivity contribution in [2.75, 3.05) is 24.2 Å². The first-order valence-electron chi connectivity index (χ1n) is 5.52. The maximum absolute atomic E-state index is 11.7. The molecule has 0 unspecified atom stereocenters. The minimum absolute atomic E-state index is 0.0332. The molecular weight excluding hydrogens is 270 g/mol. The summed E-state index contributed by atoms with van der Waals surface area (Å²) in [5.41, 5.74) is 0.254. The zero-order valence-electron chi connectivity index (χ0n) is 9.87. The maximum Gasteiger partial charge on any atom is 0.282 e. The van der Waals surface area contributed by atoms with Crippen LogP contribution >= 0.6 is 11.8 Å². The zero-order valence-corrected chi connectivity index (χ0v) is 10.7. The zero-order chi connectivity index (χ0) is 13.8. The summed E-state index contributed by atoms with van der Waals surface area (Å²) in [6.45, 7) is 0.514. The van der Waals surface area contributed by atoms with Crippen LogP contribution in [0.25, 0.3) is 0 Å². The Morgan fingerprint density at radius 3 is 2.95 bits per heavy atom. The SMILES string of the molecule is O=C(CN1CCSC1=O)Nc1cccc([N+](=O)[O-])c1. The molecule has 19 heavy (non-hydrogen) atoms. The monoisotopic (exact) mass is 281 g/mol. The van der Waals surface area contributed by atoms with Gasteiger partial charge in [0.05, 0.1) is 4.92 Å². The third-order valence-corrected chi connectivity index (χ3v) is 3.41. The Kier molecular flexibility index (Phi) is 4.00. The molecule has 0 bridgehead atoms. The molecule has 0 radical (unpaired) electrons. The number of nitro groups is 1. The van der Waals surface area contributed by atoms with Crippen molar-refractivity contribution < 1.29 is 14.5 Å². The van der Waals surface area contributed by atoms with E-state index in [4.69, 9.17) is 0 Å². The smallest absolute Gasteiger partial charge is 0.282 e. The number of hydrogen-bond acceptors (Lipinski definition) is 5. The number of carbonyl (C=O) groups excluding carboxylic acids is 2. The van der Waals surface area contributed by atoms with Gasteiger partial charge in [-0.3, -0.25) is 19.7 Å². The second-order valence-corrected chi connectivity index (χ2v) is 4.94. The van der Waals surface area contributed by atoms with Gasteiger partial charge in [0.2, 0.25) is 5.91 Å². The van der Waals surface area contributed by atoms with Crippen molar-refractivity contribution in [3.63, 3.8) is 0 Å². The molecule has 1 aliphatic rings. The summed E-state index contributed by atoms with van der Waals surface area (Å²) in [4.78, 5) is 34.5. The van der Waals surface area contributed by atoms with Gasteiger partial charge in [-0.15, -0.1) is 0 Å². The molecule has 100 valence electrons. The van der Waals surface area contributed by atoms with Crippen LogP contribution in [0.2, 0.25) is 0 Å². The molecule has 1 aromatic rings. The standard InChI is InChI=1S/C11H11N3O4S/c15-10(7-13-4-5-19-11(13)16)12-8-2-1-3-9(6-8)14(17)18/h1-3,6H,4-5,7H2,(H,12,15). The number of amides is 2. The van der Waals surface area contributed by atoms with Crippen molar-refractivity contribution in [3.8, 4) is 0 Å². The van der Waals surface area contributed by atoms with E-state index in [-0.39, 0.29) is 23.4 Å². The van der Waals surface area contributed by atoms with Gasteiger partial charge in [0.15, 0.2) is 0 Å². The summed E-state index contributed by atoms with van der Waals surface area (Å²) < 4.78 is 0. The van der Waals surface area contributed by atoms with Crippen LogP contribution in [0, 0.1) is 10.1 Å². The molecule has 2 rings (SSSR count). The molecule has 7 nitrogen and oxygen atoms in total. The molecule has 0 saturated carbocycles. The second-order valence-electron chi connectivity index (χ2n) is 3.89. The molecule has 1 aromatic carbocycles. The number of hydrogen-bond donors (Lipinski definition) is 1. The lowest BCUT2D eigenvalue weighted by molar-refractivity contribution is -0.384. The molecule has 2 amide bonds. The van der Waals surface area contributed by atoms with E-state index in [0.717, 1.165) is 0 Å². The summed E-state index contributed by atoms with van der Waals surface area (Å²) in [6, 6.07) is 5.67. The molecule has 1 N–H and O–H groups in total. The van der Waals surface area contributed by atoms with Gasteiger partial charge in [-0.1, -0.05) is 17.8 Å². The van der Waals surface area contributed by atoms with Gasteiger partial charge >= 0.3 is 0 Å². The minimum Gasteiger partial charge on any atom is -0.324 e. The summed E-state index contributed by atoms with van der Waals surface area (Å²) in [6.07, 6.45) is 0. The fourth-order valence-electron chi connectivity index (χ4n) is 1.64. The van der Waals surface area contributed by atoms with Gasteiger partial charge in [0, 0.05) is 30.1 Å². The van der Waals surface area contributed by atoms with Crippen molar-refractivity contribution in [2.45, 2.75) is 0 Å². The average Bonchev–Trinajstić information content (AvgIpc) is 2.75. The Morgan fingerprint density at radius 2 is 2.32 bits per heavy atom. The van der Waals surface area contributed by atoms with E-state index in [1.54, 1.807) is 6.07 Å². The molecule has 1 aliphatic heterocycles. The number of nitrogens with one attached hydrogen (secondary N) is 1. The highest BCUT2D eigenvalue weighted by Crippen LogP contribution is 2.19. The molecule has 1 saturated heterocycles. The number of non-ortho nitro benzene ring substituents is 1. The maximum atomic E-state index is 11.7. The van der Waals surface area contributed by atoms with E-state index in [1.165, 1.54) is 34.9 Å². The quantitative estimate of drug-likeness (QED) is 0.669. The second kappa shape index (κ2) is 5.70. The largest absolute Gasteiger partial charge is 0.324 e. The van der Waals surface area contributed by atoms with Gasteiger partial charge in [0.25, 0.3) is 10.9 Å². The van der Waals surface area contributed by atoms with Crippen LogP contribution in [0.5, 0.6) is 0 Å². The van der Waals surface area contributed by atoms with E-state index in [1.807, 2.05) is 0 Å². The van der Waals surface area contributed by atoms with Crippen LogP contribution in [-0.4, -0.2) is 39.8 Å². The average molecular weight is 281 g/mol. The van der Waals surface area contributed by atoms with Crippen LogP contribution in [0.3, 0.4) is 0 Å². The van der Waals surface area contributed by atoms with Crippen molar-refractivity contribution in [1.29, 1.82) is 0 Å². The van der Waals surface area contributed by atoms with Crippen LogP contribution in [0.4, 0.5) is 16.2 Å². The summed E-state index contributed by atoms with van der Waals surface area (Å²) in [5, 5.41) is 13.0. The number of nitro benzene ring substituents is 1. The summed E-state index contributed by atoms with van der Waals surface area (Å²) in [5.74, 6) is 0.319. The third kappa shape index (κ3) is 3.44. The lowest BCUT2D eigenvalue weighted by Crippen LogP contribution is -2.33. The van der Waals surface area contributed by atoms with E-state index in [0.29, 0.717) is 18.0 Å². The highest BCUT2D eigenvalue weighted by atomic mass is 32.2. The molecule has 0 atom stereocenters. The number of rotatable bonds is 4. The Balaban J connectivity index is 1.97. The number of benzene rings is 1. The van der Waals surface area contributed by atoms with Gasteiger partial charge in [-0.25, -0.2) is 0 Å². The first-order chi connectivity index (χ1) is 9.06. The van der Waals surface area contributed by atoms with Crippen molar-refractivity contribution in [3.05, 3.63) is 34.4 Å². The van der Waals surface area contributed by atoms with Crippen LogP contribution < -0.4 is 5.32 Å². The first-order valence-corrected chi connectivity index (χ1v) is 6.51. The Bertz CT molecular complexity index is 534. The molecule has 1 heterocycles. The van der Waals surface area contributed by atoms with E-state index in [9.17, 15) is 19.7 Å². The van der Waals surface area contributed by atoms with Crippen molar-refractivity contribution in [1.82, 2.24) is 4.90 Å². The molecule has 8 heteroatoms. The van der Waals surface area contributed by atoms with E-state index in [2.05, 4.69) is 5.32 Å². The fraction of sp³-hybridized carbons (Fsp3) is 0.273. The first kappa shape index (κ1) is 13.3. The van der Waals surface area contributed by atoms with Crippen LogP contribution in [0.1, 0.15) is 0 Å². The fourth-order valence-corrected chi connectivity index (χ4v) is 2.47. The minimum atomic E-state index is -0.531. The number of carbonyl (C=O) groups is 2. The van der Waals surface area contributed by atoms with Gasteiger partial charge in [-0.2, -0.15) is 0 Å². The molecule has 0 aliphatic carbocycles. The molecular formula is C11H11N3O4S. The number of thioether (sulfide) groups is 1. The normalized spacial score (nSPS) is 14.5. The lowest BCUT2D eigenvalue weighted by Gasteiger charge is -2.13. The lowest BCUT2D eigenvalue weighted by atomic mass is 10.3. The van der Waals surface area contributed by atoms with E-state index < -0.39 is 4.92 Å². The topological polar surface area (TPSA) is 92.6 Å². The Morgan fingerprint density at radius 1 is 1.53 bits per heavy atom. The molecule has 1 fully saturated rings. The molecule has 0 aromatic heterocycles. The predicted molar refractivity (Wildman–Crippen MR) is 71.2 cm³/mol. The van der Waals surface area contributed by atoms with Gasteiger partial charge in [-0.05, 0) is 6.07 Å². The number of anilines is 1. The Labute approximate surface area is 113 Å². The Hall–Kier alpha value is -2.09. The molecule has 0 spiro atoms. The van der Waals surface area contributed by atoms with Gasteiger partial charge in [0.1, 0.15) is 6.54 Å². The number of nitrogens with zero attached hydrogens (tertiary/aromatic N) is 2. The summed E-state index contributed by atoms with van der Waals surface area (Å²) in [7, 11) is 0. The van der Waals surface area contributed by atoms with E-state index >= 15 is 0 Å². The third-order valence-electron chi connectivity index (χ3n) is 2.52. The van der Waals surface area contributed by atoms with Crippen molar-refractivity contribution >= 4 is 34.3 Å². The van der Waals surface area contributed by atoms with Crippen LogP contribution in [-0.2, 0) is 4.79 Å². The highest BCUT2D eigenvalue weighted by Gasteiger charge is 2.23. The van der Waals surface area contributed by atoms with Crippen LogP contribution in [0.15, 0.2) is 24.3 Å². The highest BCUT2D eigenvalue weighted by molar-refractivity contribution is 8.13. The summed E-state index contributed by atoms with van der Waals surface area (Å²) >= 11 is 1.18. The van der Waals surface area contributed by atoms with Crippen molar-refractivity contribution in [2.24, 2.45) is 0 Å². The predicted octanol–water partition coefficient (Wildman–Crippen LogP) is 1.70.